The van der Waals surface area contributed by atoms with Crippen LogP contribution in [-0.2, 0) is 9.59 Å². The van der Waals surface area contributed by atoms with Crippen LogP contribution < -0.4 is 9.47 Å². The molecule has 0 aliphatic heterocycles. The molecule has 0 unspecified atom stereocenters. The fourth-order valence-corrected chi connectivity index (χ4v) is 1.24. The van der Waals surface area contributed by atoms with Gasteiger partial charge in [-0.15, -0.1) is 0 Å². The van der Waals surface area contributed by atoms with Crippen molar-refractivity contribution in [2.45, 2.75) is 6.92 Å². The van der Waals surface area contributed by atoms with Crippen LogP contribution in [0.2, 0.25) is 0 Å². The summed E-state index contributed by atoms with van der Waals surface area (Å²) in [6, 6.07) is 4.92. The Morgan fingerprint density at radius 3 is 2.59 bits per heavy atom. The minimum Gasteiger partial charge on any atom is -0.493 e. The highest BCUT2D eigenvalue weighted by molar-refractivity contribution is 5.86. The number of carbonyl (C=O) groups excluding carboxylic acids is 1. The molecule has 1 rings (SSSR count). The molecule has 0 spiro atoms. The summed E-state index contributed by atoms with van der Waals surface area (Å²) in [7, 11) is 1.44. The third kappa shape index (κ3) is 3.64. The van der Waals surface area contributed by atoms with Gasteiger partial charge in [0.25, 0.3) is 0 Å². The Morgan fingerprint density at radius 2 is 2.06 bits per heavy atom. The van der Waals surface area contributed by atoms with Gasteiger partial charge in [0.1, 0.15) is 0 Å². The molecule has 0 aliphatic carbocycles. The molecular weight excluding hydrogens is 224 g/mol. The molecule has 1 aromatic rings. The van der Waals surface area contributed by atoms with Crippen LogP contribution >= 0.6 is 0 Å². The van der Waals surface area contributed by atoms with Crippen molar-refractivity contribution in [3.8, 4) is 11.5 Å². The number of methoxy groups -OCH3 is 1. The molecule has 0 saturated heterocycles. The Balaban J connectivity index is 3.18. The number of benzene rings is 1. The van der Waals surface area contributed by atoms with Gasteiger partial charge in [0.2, 0.25) is 0 Å². The number of esters is 1. The van der Waals surface area contributed by atoms with Crippen LogP contribution in [0, 0.1) is 0 Å². The van der Waals surface area contributed by atoms with Crippen molar-refractivity contribution < 1.29 is 24.2 Å². The Labute approximate surface area is 98.3 Å². The average Bonchev–Trinajstić information content (AvgIpc) is 2.26. The van der Waals surface area contributed by atoms with E-state index in [1.165, 1.54) is 20.1 Å². The lowest BCUT2D eigenvalue weighted by Crippen LogP contribution is -2.04. The van der Waals surface area contributed by atoms with Crippen molar-refractivity contribution >= 4 is 18.0 Å². The van der Waals surface area contributed by atoms with Crippen LogP contribution in [-0.4, -0.2) is 24.2 Å². The van der Waals surface area contributed by atoms with Crippen molar-refractivity contribution in [2.75, 3.05) is 7.11 Å². The molecule has 17 heavy (non-hydrogen) atoms. The van der Waals surface area contributed by atoms with Gasteiger partial charge in [-0.05, 0) is 12.1 Å². The molecule has 0 saturated carbocycles. The van der Waals surface area contributed by atoms with E-state index in [1.54, 1.807) is 18.2 Å². The monoisotopic (exact) mass is 236 g/mol. The minimum absolute atomic E-state index is 0.208. The summed E-state index contributed by atoms with van der Waals surface area (Å²) in [5.74, 6) is -1.01. The number of rotatable bonds is 4. The van der Waals surface area contributed by atoms with Gasteiger partial charge in [-0.2, -0.15) is 0 Å². The SMILES string of the molecule is COc1cccc(C=CC(=O)O)c1OC(C)=O. The Bertz CT molecular complexity index is 462. The van der Waals surface area contributed by atoms with Gasteiger partial charge in [-0.25, -0.2) is 4.79 Å². The van der Waals surface area contributed by atoms with E-state index in [0.717, 1.165) is 6.08 Å². The maximum absolute atomic E-state index is 11.0. The first-order valence-electron chi connectivity index (χ1n) is 4.81. The van der Waals surface area contributed by atoms with Crippen LogP contribution in [0.5, 0.6) is 11.5 Å². The largest absolute Gasteiger partial charge is 0.493 e. The van der Waals surface area contributed by atoms with Crippen molar-refractivity contribution in [2.24, 2.45) is 0 Å². The van der Waals surface area contributed by atoms with Gasteiger partial charge in [0.15, 0.2) is 11.5 Å². The number of carbonyl (C=O) groups is 2. The van der Waals surface area contributed by atoms with Crippen LogP contribution in [0.4, 0.5) is 0 Å². The normalized spacial score (nSPS) is 10.2. The second-order valence-electron chi connectivity index (χ2n) is 3.14. The summed E-state index contributed by atoms with van der Waals surface area (Å²) < 4.78 is 10.0. The summed E-state index contributed by atoms with van der Waals surface area (Å²) in [6.07, 6.45) is 2.30. The second kappa shape index (κ2) is 5.69. The van der Waals surface area contributed by atoms with Gasteiger partial charge < -0.3 is 14.6 Å². The number of aliphatic carboxylic acids is 1. The first-order valence-corrected chi connectivity index (χ1v) is 4.81. The Morgan fingerprint density at radius 1 is 1.35 bits per heavy atom. The summed E-state index contributed by atoms with van der Waals surface area (Å²) in [5, 5.41) is 8.55. The maximum atomic E-state index is 11.0. The number of hydrogen-bond acceptors (Lipinski definition) is 4. The summed E-state index contributed by atoms with van der Waals surface area (Å²) >= 11 is 0. The molecule has 1 N–H and O–H groups in total. The van der Waals surface area contributed by atoms with Crippen LogP contribution in [0.1, 0.15) is 12.5 Å². The Kier molecular flexibility index (Phi) is 4.28. The minimum atomic E-state index is -1.08. The summed E-state index contributed by atoms with van der Waals surface area (Å²) in [4.78, 5) is 21.4. The number of hydrogen-bond donors (Lipinski definition) is 1. The van der Waals surface area contributed by atoms with Crippen molar-refractivity contribution in [1.82, 2.24) is 0 Å². The number of carboxylic acid groups (broad SMARTS) is 1. The fraction of sp³-hybridized carbons (Fsp3) is 0.167. The number of ether oxygens (including phenoxy) is 2. The van der Waals surface area contributed by atoms with Crippen LogP contribution in [0.15, 0.2) is 24.3 Å². The fourth-order valence-electron chi connectivity index (χ4n) is 1.24. The predicted octanol–water partition coefficient (Wildman–Crippen LogP) is 1.72. The molecule has 0 fully saturated rings. The lowest BCUT2D eigenvalue weighted by Gasteiger charge is -2.10. The van der Waals surface area contributed by atoms with Crippen molar-refractivity contribution in [3.63, 3.8) is 0 Å². The Hall–Kier alpha value is -2.30. The van der Waals surface area contributed by atoms with Gasteiger partial charge in [0.05, 0.1) is 7.11 Å². The van der Waals surface area contributed by atoms with E-state index in [-0.39, 0.29) is 5.75 Å². The van der Waals surface area contributed by atoms with Crippen molar-refractivity contribution in [3.05, 3.63) is 29.8 Å². The van der Waals surface area contributed by atoms with Crippen LogP contribution in [0.25, 0.3) is 6.08 Å². The van der Waals surface area contributed by atoms with Gasteiger partial charge >= 0.3 is 11.9 Å². The lowest BCUT2D eigenvalue weighted by molar-refractivity contribution is -0.132. The quantitative estimate of drug-likeness (QED) is 0.489. The van der Waals surface area contributed by atoms with Gasteiger partial charge in [-0.1, -0.05) is 12.1 Å². The number of carboxylic acids is 1. The summed E-state index contributed by atoms with van der Waals surface area (Å²) in [5.41, 5.74) is 0.460. The zero-order chi connectivity index (χ0) is 12.8. The van der Waals surface area contributed by atoms with E-state index in [9.17, 15) is 9.59 Å². The van der Waals surface area contributed by atoms with E-state index >= 15 is 0 Å². The first-order chi connectivity index (χ1) is 8.04. The summed E-state index contributed by atoms with van der Waals surface area (Å²) in [6.45, 7) is 1.26. The highest BCUT2D eigenvalue weighted by atomic mass is 16.6. The van der Waals surface area contributed by atoms with E-state index in [0.29, 0.717) is 11.3 Å². The van der Waals surface area contributed by atoms with E-state index in [2.05, 4.69) is 0 Å². The van der Waals surface area contributed by atoms with Gasteiger partial charge in [0, 0.05) is 18.6 Å². The molecule has 0 aliphatic rings. The molecule has 0 atom stereocenters. The molecule has 5 nitrogen and oxygen atoms in total. The standard InChI is InChI=1S/C12H12O5/c1-8(13)17-12-9(6-7-11(14)15)4-3-5-10(12)16-2/h3-7H,1-2H3,(H,14,15). The third-order valence-electron chi connectivity index (χ3n) is 1.88. The molecule has 5 heteroatoms. The lowest BCUT2D eigenvalue weighted by atomic mass is 10.1. The first kappa shape index (κ1) is 12.8. The van der Waals surface area contributed by atoms with E-state index < -0.39 is 11.9 Å². The van der Waals surface area contributed by atoms with Crippen LogP contribution in [0.3, 0.4) is 0 Å². The molecular formula is C12H12O5. The zero-order valence-corrected chi connectivity index (χ0v) is 9.47. The molecule has 0 heterocycles. The molecule has 90 valence electrons. The maximum Gasteiger partial charge on any atom is 0.328 e. The highest BCUT2D eigenvalue weighted by Gasteiger charge is 2.10. The molecule has 0 aromatic heterocycles. The van der Waals surface area contributed by atoms with E-state index in [1.807, 2.05) is 0 Å². The molecule has 0 radical (unpaired) electrons. The topological polar surface area (TPSA) is 72.8 Å². The smallest absolute Gasteiger partial charge is 0.328 e. The van der Waals surface area contributed by atoms with E-state index in [4.69, 9.17) is 14.6 Å². The number of para-hydroxylation sites is 1. The second-order valence-corrected chi connectivity index (χ2v) is 3.14. The van der Waals surface area contributed by atoms with Gasteiger partial charge in [-0.3, -0.25) is 4.79 Å². The average molecular weight is 236 g/mol. The zero-order valence-electron chi connectivity index (χ0n) is 9.47. The molecule has 1 aromatic carbocycles. The van der Waals surface area contributed by atoms with Crippen molar-refractivity contribution in [1.29, 1.82) is 0 Å². The molecule has 0 amide bonds. The third-order valence-corrected chi connectivity index (χ3v) is 1.88. The predicted molar refractivity (Wildman–Crippen MR) is 61.0 cm³/mol. The molecule has 0 bridgehead atoms. The highest BCUT2D eigenvalue weighted by Crippen LogP contribution is 2.32.